The number of rotatable bonds is 11. The second kappa shape index (κ2) is 13.6. The number of carbonyl (C=O) groups is 1. The van der Waals surface area contributed by atoms with Gasteiger partial charge >= 0.3 is 5.97 Å². The van der Waals surface area contributed by atoms with Gasteiger partial charge in [0.1, 0.15) is 0 Å². The van der Waals surface area contributed by atoms with Crippen molar-refractivity contribution in [3.63, 3.8) is 0 Å². The number of esters is 1. The van der Waals surface area contributed by atoms with Crippen LogP contribution in [0, 0.1) is 0 Å². The monoisotopic (exact) mass is 687 g/mol. The van der Waals surface area contributed by atoms with E-state index in [-0.39, 0.29) is 16.8 Å². The van der Waals surface area contributed by atoms with E-state index in [1.165, 1.54) is 12.5 Å². The third-order valence-electron chi connectivity index (χ3n) is 8.45. The lowest BCUT2D eigenvalue weighted by Crippen LogP contribution is -2.28. The molecule has 1 atom stereocenters. The number of hydrogen-bond acceptors (Lipinski definition) is 8. The van der Waals surface area contributed by atoms with E-state index in [9.17, 15) is 21.6 Å². The van der Waals surface area contributed by atoms with E-state index in [1.54, 1.807) is 63.0 Å². The van der Waals surface area contributed by atoms with Crippen LogP contribution in [-0.4, -0.2) is 52.7 Å². The van der Waals surface area contributed by atoms with Crippen molar-refractivity contribution >= 4 is 48.3 Å². The number of sulfone groups is 2. The summed E-state index contributed by atoms with van der Waals surface area (Å²) in [7, 11) is -6.85. The van der Waals surface area contributed by atoms with Crippen molar-refractivity contribution in [1.29, 1.82) is 0 Å². The van der Waals surface area contributed by atoms with Gasteiger partial charge in [-0.2, -0.15) is 0 Å². The van der Waals surface area contributed by atoms with Crippen LogP contribution in [0.2, 0.25) is 0 Å². The zero-order valence-corrected chi connectivity index (χ0v) is 29.4. The zero-order chi connectivity index (χ0) is 34.0. The average Bonchev–Trinajstić information content (AvgIpc) is 3.04. The summed E-state index contributed by atoms with van der Waals surface area (Å²) in [6, 6.07) is 29.8. The molecule has 0 fully saturated rings. The first-order valence-electron chi connectivity index (χ1n) is 15.1. The van der Waals surface area contributed by atoms with Gasteiger partial charge < -0.3 is 4.74 Å². The zero-order valence-electron chi connectivity index (χ0n) is 26.9. The smallest absolute Gasteiger partial charge is 0.338 e. The second-order valence-electron chi connectivity index (χ2n) is 11.9. The molecule has 1 aromatic heterocycles. The van der Waals surface area contributed by atoms with E-state index in [1.807, 2.05) is 66.7 Å². The number of thioether (sulfide) groups is 1. The molecule has 0 aliphatic rings. The van der Waals surface area contributed by atoms with Crippen LogP contribution < -0.4 is 0 Å². The Morgan fingerprint density at radius 3 is 2.17 bits per heavy atom. The number of pyridine rings is 1. The standard InChI is InChI=1S/C37H37NO6S3/c1-6-44-36(39)26-13-17-29(18-14-26)45-24-34(25-15-19-30(20-16-25)46(4,40)41)32-12-8-7-11-31(32)33-23-28(37(2,3)47(5,42)43)22-27-10-9-21-38-35(27)33/h7-23,34H,6,24H2,1-5H3. The Morgan fingerprint density at radius 2 is 1.53 bits per heavy atom. The first-order valence-corrected chi connectivity index (χ1v) is 19.9. The number of nitrogens with zero attached hydrogens (tertiary/aromatic N) is 1. The number of aromatic nitrogens is 1. The summed E-state index contributed by atoms with van der Waals surface area (Å²) in [5, 5.41) is 0.830. The van der Waals surface area contributed by atoms with Gasteiger partial charge in [0.2, 0.25) is 0 Å². The van der Waals surface area contributed by atoms with E-state index in [2.05, 4.69) is 6.07 Å². The molecule has 244 valence electrons. The Kier molecular flexibility index (Phi) is 9.96. The summed E-state index contributed by atoms with van der Waals surface area (Å²) < 4.78 is 54.4. The van der Waals surface area contributed by atoms with Crippen LogP contribution >= 0.6 is 11.8 Å². The van der Waals surface area contributed by atoms with Gasteiger partial charge in [-0.1, -0.05) is 42.5 Å². The SMILES string of the molecule is CCOC(=O)c1ccc(SCC(c2ccc(S(C)(=O)=O)cc2)c2ccccc2-c2cc(C(C)(C)S(C)(=O)=O)cc3cccnc23)cc1. The molecular formula is C37H37NO6S3. The van der Waals surface area contributed by atoms with E-state index in [0.29, 0.717) is 23.5 Å². The molecule has 0 aliphatic heterocycles. The minimum absolute atomic E-state index is 0.195. The van der Waals surface area contributed by atoms with Crippen LogP contribution in [0.25, 0.3) is 22.0 Å². The molecule has 1 heterocycles. The lowest BCUT2D eigenvalue weighted by atomic mass is 9.85. The van der Waals surface area contributed by atoms with Crippen LogP contribution in [0.4, 0.5) is 0 Å². The molecule has 0 bridgehead atoms. The molecule has 5 aromatic rings. The van der Waals surface area contributed by atoms with Gasteiger partial charge in [-0.25, -0.2) is 21.6 Å². The van der Waals surface area contributed by atoms with Crippen LogP contribution in [0.15, 0.2) is 113 Å². The van der Waals surface area contributed by atoms with Gasteiger partial charge in [-0.15, -0.1) is 11.8 Å². The fourth-order valence-corrected chi connectivity index (χ4v) is 7.64. The van der Waals surface area contributed by atoms with Crippen molar-refractivity contribution < 1.29 is 26.4 Å². The summed E-state index contributed by atoms with van der Waals surface area (Å²) in [4.78, 5) is 18.1. The Morgan fingerprint density at radius 1 is 0.851 bits per heavy atom. The third-order valence-corrected chi connectivity index (χ3v) is 12.8. The fraction of sp³-hybridized carbons (Fsp3) is 0.243. The van der Waals surface area contributed by atoms with Gasteiger partial charge in [-0.3, -0.25) is 4.98 Å². The highest BCUT2D eigenvalue weighted by atomic mass is 32.2. The third kappa shape index (κ3) is 7.45. The summed E-state index contributed by atoms with van der Waals surface area (Å²) in [5.74, 6) is 0.0252. The molecule has 47 heavy (non-hydrogen) atoms. The Labute approximate surface area is 281 Å². The van der Waals surface area contributed by atoms with Gasteiger partial charge in [0.15, 0.2) is 19.7 Å². The molecular weight excluding hydrogens is 651 g/mol. The number of ether oxygens (including phenoxy) is 1. The largest absolute Gasteiger partial charge is 0.462 e. The minimum atomic E-state index is -3.46. The van der Waals surface area contributed by atoms with Crippen molar-refractivity contribution in [3.05, 3.63) is 126 Å². The molecule has 5 rings (SSSR count). The lowest BCUT2D eigenvalue weighted by molar-refractivity contribution is 0.0526. The van der Waals surface area contributed by atoms with E-state index >= 15 is 0 Å². The van der Waals surface area contributed by atoms with Gasteiger partial charge in [-0.05, 0) is 97.6 Å². The molecule has 0 spiro atoms. The van der Waals surface area contributed by atoms with E-state index in [4.69, 9.17) is 9.72 Å². The highest BCUT2D eigenvalue weighted by Crippen LogP contribution is 2.42. The first-order chi connectivity index (χ1) is 22.2. The van der Waals surface area contributed by atoms with Crippen molar-refractivity contribution in [1.82, 2.24) is 4.98 Å². The first kappa shape index (κ1) is 34.3. The fourth-order valence-electron chi connectivity index (χ4n) is 5.40. The number of fused-ring (bicyclic) bond motifs is 1. The summed E-state index contributed by atoms with van der Waals surface area (Å²) in [6.45, 7) is 5.50. The molecule has 0 saturated heterocycles. The Bertz CT molecular complexity index is 2140. The molecule has 7 nitrogen and oxygen atoms in total. The number of carbonyl (C=O) groups excluding carboxylic acids is 1. The quantitative estimate of drug-likeness (QED) is 0.103. The highest BCUT2D eigenvalue weighted by molar-refractivity contribution is 7.99. The summed E-state index contributed by atoms with van der Waals surface area (Å²) in [6.07, 6.45) is 4.17. The molecule has 0 radical (unpaired) electrons. The van der Waals surface area contributed by atoms with E-state index in [0.717, 1.165) is 38.1 Å². The molecule has 4 aromatic carbocycles. The van der Waals surface area contributed by atoms with Crippen LogP contribution in [0.3, 0.4) is 0 Å². The van der Waals surface area contributed by atoms with Gasteiger partial charge in [0.05, 0.1) is 27.3 Å². The number of hydrogen-bond donors (Lipinski definition) is 0. The van der Waals surface area contributed by atoms with Crippen molar-refractivity contribution in [3.8, 4) is 11.1 Å². The summed E-state index contributed by atoms with van der Waals surface area (Å²) in [5.41, 5.74) is 5.51. The van der Waals surface area contributed by atoms with Crippen LogP contribution in [-0.2, 0) is 29.2 Å². The molecule has 10 heteroatoms. The van der Waals surface area contributed by atoms with Crippen molar-refractivity contribution in [2.45, 2.75) is 41.2 Å². The molecule has 1 unspecified atom stereocenters. The molecule has 0 aliphatic carbocycles. The molecule has 0 N–H and O–H groups in total. The predicted octanol–water partition coefficient (Wildman–Crippen LogP) is 7.69. The lowest BCUT2D eigenvalue weighted by Gasteiger charge is -2.26. The second-order valence-corrected chi connectivity index (χ2v) is 17.6. The normalized spacial score (nSPS) is 13.0. The van der Waals surface area contributed by atoms with Crippen molar-refractivity contribution in [2.75, 3.05) is 24.9 Å². The Hall–Kier alpha value is -3.99. The predicted molar refractivity (Wildman–Crippen MR) is 190 cm³/mol. The molecule has 0 amide bonds. The van der Waals surface area contributed by atoms with Crippen LogP contribution in [0.1, 0.15) is 53.7 Å². The average molecular weight is 688 g/mol. The molecule has 0 saturated carbocycles. The maximum absolute atomic E-state index is 12.9. The Balaban J connectivity index is 1.65. The summed E-state index contributed by atoms with van der Waals surface area (Å²) >= 11 is 1.61. The van der Waals surface area contributed by atoms with Crippen molar-refractivity contribution in [2.24, 2.45) is 0 Å². The van der Waals surface area contributed by atoms with Gasteiger partial charge in [0.25, 0.3) is 0 Å². The topological polar surface area (TPSA) is 107 Å². The van der Waals surface area contributed by atoms with E-state index < -0.39 is 24.4 Å². The van der Waals surface area contributed by atoms with Gasteiger partial charge in [0, 0.05) is 46.2 Å². The highest BCUT2D eigenvalue weighted by Gasteiger charge is 2.33. The number of benzene rings is 4. The van der Waals surface area contributed by atoms with Crippen LogP contribution in [0.5, 0.6) is 0 Å². The maximum Gasteiger partial charge on any atom is 0.338 e. The minimum Gasteiger partial charge on any atom is -0.462 e. The maximum atomic E-state index is 12.9.